The second-order valence-electron chi connectivity index (χ2n) is 9.41. The number of nitrogens with one attached hydrogen (secondary N) is 3. The van der Waals surface area contributed by atoms with Gasteiger partial charge in [-0.15, -0.1) is 0 Å². The van der Waals surface area contributed by atoms with E-state index in [0.717, 1.165) is 6.26 Å². The molecule has 1 unspecified atom stereocenters. The van der Waals surface area contributed by atoms with Crippen LogP contribution in [-0.4, -0.2) is 48.8 Å². The van der Waals surface area contributed by atoms with E-state index in [1.54, 1.807) is 55.5 Å². The number of carbonyl (C=O) groups is 2. The van der Waals surface area contributed by atoms with Gasteiger partial charge in [0.25, 0.3) is 0 Å². The first kappa shape index (κ1) is 29.7. The van der Waals surface area contributed by atoms with E-state index >= 15 is 0 Å². The summed E-state index contributed by atoms with van der Waals surface area (Å²) in [7, 11) is -3.46. The van der Waals surface area contributed by atoms with Crippen molar-refractivity contribution >= 4 is 61.3 Å². The van der Waals surface area contributed by atoms with Gasteiger partial charge >= 0.3 is 0 Å². The van der Waals surface area contributed by atoms with Crippen molar-refractivity contribution in [2.24, 2.45) is 5.92 Å². The van der Waals surface area contributed by atoms with Crippen molar-refractivity contribution in [1.82, 2.24) is 15.3 Å². The Balaban J connectivity index is 1.42. The molecule has 0 spiro atoms. The number of fused-ring (bicyclic) bond motifs is 1. The van der Waals surface area contributed by atoms with E-state index in [0.29, 0.717) is 44.4 Å². The van der Waals surface area contributed by atoms with Crippen molar-refractivity contribution in [2.75, 3.05) is 29.2 Å². The highest BCUT2D eigenvalue weighted by Crippen LogP contribution is 2.31. The summed E-state index contributed by atoms with van der Waals surface area (Å²) in [4.78, 5) is 33.0. The number of anilines is 3. The minimum Gasteiger partial charge on any atom is -0.487 e. The Morgan fingerprint density at radius 1 is 1.05 bits per heavy atom. The normalized spacial score (nSPS) is 12.0. The van der Waals surface area contributed by atoms with E-state index in [2.05, 4.69) is 25.9 Å². The fourth-order valence-electron chi connectivity index (χ4n) is 3.77. The van der Waals surface area contributed by atoms with Crippen molar-refractivity contribution in [3.63, 3.8) is 0 Å². The first-order valence-electron chi connectivity index (χ1n) is 12.4. The number of halogens is 2. The molecule has 3 aromatic carbocycles. The smallest absolute Gasteiger partial charge is 0.235 e. The van der Waals surface area contributed by atoms with Gasteiger partial charge in [0.1, 0.15) is 36.1 Å². The Labute approximate surface area is 241 Å². The Morgan fingerprint density at radius 2 is 1.83 bits per heavy atom. The fraction of sp³-hybridized carbons (Fsp3) is 0.214. The maximum absolute atomic E-state index is 13.4. The van der Waals surface area contributed by atoms with E-state index in [4.69, 9.17) is 16.3 Å². The lowest BCUT2D eigenvalue weighted by Gasteiger charge is -2.14. The third-order valence-electron chi connectivity index (χ3n) is 5.83. The average molecular weight is 600 g/mol. The van der Waals surface area contributed by atoms with E-state index < -0.39 is 27.4 Å². The van der Waals surface area contributed by atoms with Gasteiger partial charge in [0.05, 0.1) is 16.5 Å². The van der Waals surface area contributed by atoms with Gasteiger partial charge in [0, 0.05) is 29.6 Å². The minimum atomic E-state index is -3.46. The molecule has 3 N–H and O–H groups in total. The van der Waals surface area contributed by atoms with Crippen molar-refractivity contribution < 1.29 is 27.1 Å². The summed E-state index contributed by atoms with van der Waals surface area (Å²) in [5.41, 5.74) is 2.40. The zero-order valence-electron chi connectivity index (χ0n) is 22.1. The number of nitrogens with zero attached hydrogens (tertiary/aromatic N) is 2. The summed E-state index contributed by atoms with van der Waals surface area (Å²) < 4.78 is 41.7. The van der Waals surface area contributed by atoms with Gasteiger partial charge in [-0.05, 0) is 54.1 Å². The molecular weight excluding hydrogens is 573 g/mol. The summed E-state index contributed by atoms with van der Waals surface area (Å²) in [5.74, 6) is -1.74. The summed E-state index contributed by atoms with van der Waals surface area (Å²) in [5, 5.41) is 9.42. The van der Waals surface area contributed by atoms with Crippen LogP contribution in [0.2, 0.25) is 5.02 Å². The third-order valence-corrected chi connectivity index (χ3v) is 6.91. The molecule has 0 fully saturated rings. The molecule has 1 aromatic heterocycles. The number of benzene rings is 3. The van der Waals surface area contributed by atoms with Crippen LogP contribution in [0.4, 0.5) is 21.6 Å². The van der Waals surface area contributed by atoms with Crippen molar-refractivity contribution in [3.8, 4) is 5.75 Å². The SMILES string of the molecule is CC(CNC(=O)CS(C)(=O)=O)C(=O)Nc1ccc2ncnc(Nc3ccc(OCc4cccc(F)c4)c(Cl)c3)c2c1. The average Bonchev–Trinajstić information content (AvgIpc) is 2.90. The summed E-state index contributed by atoms with van der Waals surface area (Å²) in [6.07, 6.45) is 2.37. The predicted molar refractivity (Wildman–Crippen MR) is 156 cm³/mol. The third kappa shape index (κ3) is 8.60. The largest absolute Gasteiger partial charge is 0.487 e. The molecule has 0 aliphatic carbocycles. The van der Waals surface area contributed by atoms with Gasteiger partial charge < -0.3 is 20.7 Å². The van der Waals surface area contributed by atoms with Crippen LogP contribution in [0.15, 0.2) is 67.0 Å². The molecule has 10 nitrogen and oxygen atoms in total. The molecule has 0 radical (unpaired) electrons. The molecule has 0 saturated carbocycles. The molecule has 1 heterocycles. The monoisotopic (exact) mass is 599 g/mol. The quantitative estimate of drug-likeness (QED) is 0.229. The highest BCUT2D eigenvalue weighted by molar-refractivity contribution is 7.91. The van der Waals surface area contributed by atoms with Crippen molar-refractivity contribution in [2.45, 2.75) is 13.5 Å². The van der Waals surface area contributed by atoms with Crippen molar-refractivity contribution in [1.29, 1.82) is 0 Å². The maximum Gasteiger partial charge on any atom is 0.235 e. The van der Waals surface area contributed by atoms with Crippen LogP contribution in [0, 0.1) is 11.7 Å². The summed E-state index contributed by atoms with van der Waals surface area (Å²) >= 11 is 6.42. The van der Waals surface area contributed by atoms with Gasteiger partial charge in [-0.25, -0.2) is 22.8 Å². The van der Waals surface area contributed by atoms with E-state index in [1.807, 2.05) is 0 Å². The van der Waals surface area contributed by atoms with Crippen LogP contribution in [0.3, 0.4) is 0 Å². The molecule has 41 heavy (non-hydrogen) atoms. The number of amides is 2. The number of rotatable bonds is 11. The molecule has 13 heteroatoms. The number of aromatic nitrogens is 2. The summed E-state index contributed by atoms with van der Waals surface area (Å²) in [6, 6.07) is 16.4. The topological polar surface area (TPSA) is 139 Å². The van der Waals surface area contributed by atoms with Crippen LogP contribution in [0.25, 0.3) is 10.9 Å². The van der Waals surface area contributed by atoms with Crippen molar-refractivity contribution in [3.05, 3.63) is 83.4 Å². The molecule has 0 saturated heterocycles. The lowest BCUT2D eigenvalue weighted by atomic mass is 10.1. The molecular formula is C28H27ClFN5O5S. The number of carbonyl (C=O) groups excluding carboxylic acids is 2. The van der Waals surface area contributed by atoms with Crippen LogP contribution in [0.5, 0.6) is 5.75 Å². The number of sulfone groups is 1. The highest BCUT2D eigenvalue weighted by Gasteiger charge is 2.17. The lowest BCUT2D eigenvalue weighted by molar-refractivity contribution is -0.120. The molecule has 1 atom stereocenters. The second-order valence-corrected chi connectivity index (χ2v) is 12.0. The van der Waals surface area contributed by atoms with E-state index in [-0.39, 0.29) is 24.9 Å². The highest BCUT2D eigenvalue weighted by atomic mass is 35.5. The predicted octanol–water partition coefficient (Wildman–Crippen LogP) is 4.48. The summed E-state index contributed by atoms with van der Waals surface area (Å²) in [6.45, 7) is 1.75. The fourth-order valence-corrected chi connectivity index (χ4v) is 4.58. The minimum absolute atomic E-state index is 0.0214. The van der Waals surface area contributed by atoms with Gasteiger partial charge in [0.15, 0.2) is 9.84 Å². The van der Waals surface area contributed by atoms with E-state index in [9.17, 15) is 22.4 Å². The molecule has 0 aliphatic rings. The lowest BCUT2D eigenvalue weighted by Crippen LogP contribution is -2.36. The zero-order valence-corrected chi connectivity index (χ0v) is 23.7. The number of ether oxygens (including phenoxy) is 1. The Bertz CT molecular complexity index is 1700. The Morgan fingerprint density at radius 3 is 2.56 bits per heavy atom. The molecule has 214 valence electrons. The molecule has 2 amide bonds. The standard InChI is InChI=1S/C28H27ClFN5O5S/c1-17(13-31-26(36)15-41(2,38)39)28(37)35-20-6-8-24-22(11-20)27(33-16-32-24)34-21-7-9-25(23(29)12-21)40-14-18-4-3-5-19(30)10-18/h3-12,16-17H,13-15H2,1-2H3,(H,31,36)(H,35,37)(H,32,33,34). The van der Waals surface area contributed by atoms with Crippen LogP contribution < -0.4 is 20.7 Å². The maximum atomic E-state index is 13.4. The number of hydrogen-bond donors (Lipinski definition) is 3. The Kier molecular flexibility index (Phi) is 9.35. The zero-order chi connectivity index (χ0) is 29.6. The molecule has 4 aromatic rings. The van der Waals surface area contributed by atoms with Gasteiger partial charge in [0.2, 0.25) is 11.8 Å². The van der Waals surface area contributed by atoms with Gasteiger partial charge in [-0.2, -0.15) is 0 Å². The first-order valence-corrected chi connectivity index (χ1v) is 14.8. The van der Waals surface area contributed by atoms with Gasteiger partial charge in [-0.3, -0.25) is 9.59 Å². The molecule has 4 rings (SSSR count). The van der Waals surface area contributed by atoms with E-state index in [1.165, 1.54) is 18.5 Å². The first-order chi connectivity index (χ1) is 19.5. The molecule has 0 bridgehead atoms. The Hall–Kier alpha value is -4.29. The van der Waals surface area contributed by atoms with Crippen LogP contribution >= 0.6 is 11.6 Å². The van der Waals surface area contributed by atoms with Crippen LogP contribution in [-0.2, 0) is 26.0 Å². The molecule has 0 aliphatic heterocycles. The van der Waals surface area contributed by atoms with Crippen LogP contribution in [0.1, 0.15) is 12.5 Å². The number of hydrogen-bond acceptors (Lipinski definition) is 8. The second kappa shape index (κ2) is 12.9. The van der Waals surface area contributed by atoms with Gasteiger partial charge in [-0.1, -0.05) is 30.7 Å².